The molecule has 7 nitrogen and oxygen atoms in total. The van der Waals surface area contributed by atoms with Gasteiger partial charge in [0.25, 0.3) is 0 Å². The van der Waals surface area contributed by atoms with Crippen molar-refractivity contribution in [2.24, 2.45) is 23.7 Å². The maximum absolute atomic E-state index is 13.2. The Morgan fingerprint density at radius 2 is 0.793 bits per heavy atom. The van der Waals surface area contributed by atoms with Crippen LogP contribution >= 0.6 is 15.6 Å². The smallest absolute Gasteiger partial charge is 0.286 e. The van der Waals surface area contributed by atoms with E-state index in [-0.39, 0.29) is 50.1 Å². The molecule has 0 fully saturated rings. The highest BCUT2D eigenvalue weighted by Gasteiger charge is 2.41. The molecule has 4 unspecified atom stereocenters. The van der Waals surface area contributed by atoms with Gasteiger partial charge in [0, 0.05) is 0 Å². The number of phosphoric acid groups is 2. The normalized spacial score (nSPS) is 19.7. The summed E-state index contributed by atoms with van der Waals surface area (Å²) in [6, 6.07) is 0. The Hall–Kier alpha value is -0.780. The summed E-state index contributed by atoms with van der Waals surface area (Å²) < 4.78 is 53.2. The molecule has 0 aliphatic heterocycles. The van der Waals surface area contributed by atoms with Crippen molar-refractivity contribution in [3.8, 4) is 0 Å². The summed E-state index contributed by atoms with van der Waals surface area (Å²) in [4.78, 5) is 0. The van der Waals surface area contributed by atoms with E-state index in [0.717, 1.165) is 0 Å². The Morgan fingerprint density at radius 1 is 0.586 bits per heavy atom. The molecule has 29 heavy (non-hydrogen) atoms. The third-order valence-electron chi connectivity index (χ3n) is 3.79. The van der Waals surface area contributed by atoms with Crippen LogP contribution in [-0.4, -0.2) is 26.4 Å². The zero-order chi connectivity index (χ0) is 22.5. The van der Waals surface area contributed by atoms with Crippen LogP contribution in [0.1, 0.15) is 27.7 Å². The van der Waals surface area contributed by atoms with Crippen LogP contribution in [0.25, 0.3) is 0 Å². The molecule has 0 saturated heterocycles. The third kappa shape index (κ3) is 12.5. The molecule has 4 atom stereocenters. The average molecular weight is 450 g/mol. The van der Waals surface area contributed by atoms with Crippen LogP contribution in [0.15, 0.2) is 50.6 Å². The van der Waals surface area contributed by atoms with Crippen LogP contribution in [0.4, 0.5) is 0 Å². The molecule has 0 aromatic heterocycles. The van der Waals surface area contributed by atoms with Gasteiger partial charge in [0.1, 0.15) is 0 Å². The van der Waals surface area contributed by atoms with E-state index >= 15 is 0 Å². The lowest BCUT2D eigenvalue weighted by molar-refractivity contribution is 0.0946. The molecule has 9 heteroatoms. The first-order chi connectivity index (χ1) is 13.5. The number of hydrogen-bond donors (Lipinski definition) is 0. The van der Waals surface area contributed by atoms with Gasteiger partial charge in [0.2, 0.25) is 0 Å². The molecule has 0 rings (SSSR count). The SMILES string of the molecule is C=CC(C)COP(=O)(OCC(C)C=C)OP(=O)(OCC(C)C=C)OCC(C)C=C. The van der Waals surface area contributed by atoms with Crippen LogP contribution in [0.3, 0.4) is 0 Å². The first kappa shape index (κ1) is 28.2. The van der Waals surface area contributed by atoms with Crippen LogP contribution in [0, 0.1) is 23.7 Å². The summed E-state index contributed by atoms with van der Waals surface area (Å²) in [7, 11) is -8.54. The van der Waals surface area contributed by atoms with Gasteiger partial charge < -0.3 is 0 Å². The van der Waals surface area contributed by atoms with E-state index in [4.69, 9.17) is 22.4 Å². The fraction of sp³-hybridized carbons (Fsp3) is 0.600. The molecular weight excluding hydrogens is 414 g/mol. The second kappa shape index (κ2) is 14.3. The summed E-state index contributed by atoms with van der Waals surface area (Å²) >= 11 is 0. The molecule has 0 N–H and O–H groups in total. The first-order valence-electron chi connectivity index (χ1n) is 9.52. The topological polar surface area (TPSA) is 80.3 Å². The standard InChI is InChI=1S/C20H36O7P2/c1-9-17(5)13-23-28(21,24-14-18(6)10-2)27-29(22,25-15-19(7)11-3)26-16-20(8)12-4/h9-12,17-20H,1-4,13-16H2,5-8H3. The van der Waals surface area contributed by atoms with Crippen molar-refractivity contribution in [1.82, 2.24) is 0 Å². The Bertz CT molecular complexity index is 524. The Labute approximate surface area is 176 Å². The fourth-order valence-corrected chi connectivity index (χ4v) is 4.95. The molecule has 0 spiro atoms. The molecule has 0 heterocycles. The maximum Gasteiger partial charge on any atom is 0.483 e. The van der Waals surface area contributed by atoms with Gasteiger partial charge in [-0.15, -0.1) is 26.3 Å². The molecule has 0 amide bonds. The second-order valence-corrected chi connectivity index (χ2v) is 10.5. The molecule has 0 saturated carbocycles. The summed E-state index contributed by atoms with van der Waals surface area (Å²) in [5.41, 5.74) is 0. The fourth-order valence-electron chi connectivity index (χ4n) is 1.40. The van der Waals surface area contributed by atoms with E-state index in [1.54, 1.807) is 24.3 Å². The van der Waals surface area contributed by atoms with Gasteiger partial charge in [0.05, 0.1) is 26.4 Å². The zero-order valence-electron chi connectivity index (χ0n) is 18.0. The van der Waals surface area contributed by atoms with Crippen LogP contribution < -0.4 is 0 Å². The van der Waals surface area contributed by atoms with Crippen LogP contribution in [-0.2, 0) is 31.5 Å². The summed E-state index contributed by atoms with van der Waals surface area (Å²) in [5, 5.41) is 0. The predicted molar refractivity (Wildman–Crippen MR) is 118 cm³/mol. The van der Waals surface area contributed by atoms with Gasteiger partial charge >= 0.3 is 15.6 Å². The van der Waals surface area contributed by atoms with Gasteiger partial charge in [-0.2, -0.15) is 4.31 Å². The molecule has 168 valence electrons. The molecule has 0 aliphatic rings. The average Bonchev–Trinajstić information content (AvgIpc) is 2.72. The van der Waals surface area contributed by atoms with Gasteiger partial charge in [-0.3, -0.25) is 18.1 Å². The number of hydrogen-bond acceptors (Lipinski definition) is 7. The van der Waals surface area contributed by atoms with Gasteiger partial charge in [-0.25, -0.2) is 9.13 Å². The Morgan fingerprint density at radius 3 is 0.966 bits per heavy atom. The lowest BCUT2D eigenvalue weighted by Gasteiger charge is -2.25. The minimum absolute atomic E-state index is 0.00459. The van der Waals surface area contributed by atoms with Crippen LogP contribution in [0.5, 0.6) is 0 Å². The van der Waals surface area contributed by atoms with E-state index in [1.807, 2.05) is 27.7 Å². The first-order valence-corrected chi connectivity index (χ1v) is 12.4. The monoisotopic (exact) mass is 450 g/mol. The largest absolute Gasteiger partial charge is 0.483 e. The van der Waals surface area contributed by atoms with E-state index in [0.29, 0.717) is 0 Å². The predicted octanol–water partition coefficient (Wildman–Crippen LogP) is 6.57. The van der Waals surface area contributed by atoms with Crippen molar-refractivity contribution in [3.63, 3.8) is 0 Å². The summed E-state index contributed by atoms with van der Waals surface area (Å²) in [6.45, 7) is 21.8. The van der Waals surface area contributed by atoms with Crippen molar-refractivity contribution in [1.29, 1.82) is 0 Å². The lowest BCUT2D eigenvalue weighted by atomic mass is 10.2. The van der Waals surface area contributed by atoms with Crippen molar-refractivity contribution in [3.05, 3.63) is 50.6 Å². The minimum Gasteiger partial charge on any atom is -0.286 e. The van der Waals surface area contributed by atoms with Crippen molar-refractivity contribution >= 4 is 15.6 Å². The maximum atomic E-state index is 13.2. The quantitative estimate of drug-likeness (QED) is 0.172. The summed E-state index contributed by atoms with van der Waals surface area (Å²) in [6.07, 6.45) is 6.50. The Balaban J connectivity index is 5.52. The zero-order valence-corrected chi connectivity index (χ0v) is 19.8. The van der Waals surface area contributed by atoms with Crippen LogP contribution in [0.2, 0.25) is 0 Å². The molecule has 0 bridgehead atoms. The highest BCUT2D eigenvalue weighted by atomic mass is 31.3. The van der Waals surface area contributed by atoms with E-state index in [2.05, 4.69) is 26.3 Å². The third-order valence-corrected chi connectivity index (χ3v) is 7.25. The number of phosphoric ester groups is 2. The van der Waals surface area contributed by atoms with Crippen molar-refractivity contribution in [2.45, 2.75) is 27.7 Å². The molecule has 0 aliphatic carbocycles. The van der Waals surface area contributed by atoms with E-state index in [9.17, 15) is 9.13 Å². The second-order valence-electron chi connectivity index (χ2n) is 7.01. The highest BCUT2D eigenvalue weighted by Crippen LogP contribution is 2.66. The lowest BCUT2D eigenvalue weighted by Crippen LogP contribution is -2.12. The van der Waals surface area contributed by atoms with Crippen molar-refractivity contribution < 1.29 is 31.5 Å². The summed E-state index contributed by atoms with van der Waals surface area (Å²) in [5.74, 6) is -0.518. The van der Waals surface area contributed by atoms with Crippen molar-refractivity contribution in [2.75, 3.05) is 26.4 Å². The van der Waals surface area contributed by atoms with Gasteiger partial charge in [0.15, 0.2) is 0 Å². The Kier molecular flexibility index (Phi) is 13.9. The molecular formula is C20H36O7P2. The molecule has 0 radical (unpaired) electrons. The number of rotatable bonds is 18. The van der Waals surface area contributed by atoms with Gasteiger partial charge in [-0.1, -0.05) is 52.0 Å². The minimum atomic E-state index is -4.27. The molecule has 0 aromatic rings. The van der Waals surface area contributed by atoms with E-state index < -0.39 is 15.6 Å². The van der Waals surface area contributed by atoms with E-state index in [1.165, 1.54) is 0 Å². The molecule has 0 aromatic carbocycles. The van der Waals surface area contributed by atoms with Gasteiger partial charge in [-0.05, 0) is 23.7 Å². The highest BCUT2D eigenvalue weighted by molar-refractivity contribution is 7.62.